The van der Waals surface area contributed by atoms with E-state index in [4.69, 9.17) is 10.4 Å². The molecule has 0 aromatic heterocycles. The van der Waals surface area contributed by atoms with Crippen LogP contribution < -0.4 is 15.7 Å². The molecule has 1 saturated carbocycles. The number of rotatable bonds is 5. The van der Waals surface area contributed by atoms with E-state index in [2.05, 4.69) is 5.32 Å². The standard InChI is InChI=1S/C18H25BN2O5/c20-13-7-4-11(5-8-13)6-9-16(22)21-15-10-12-2-1-3-14(18(23)24)17(12)26-19(15)25/h1-3,11,13,15,25H,4-10,20H2,(H,21,22)(H,23,24). The quantitative estimate of drug-likeness (QED) is 0.584. The first-order valence-electron chi connectivity index (χ1n) is 9.19. The van der Waals surface area contributed by atoms with Crippen LogP contribution in [0.4, 0.5) is 0 Å². The summed E-state index contributed by atoms with van der Waals surface area (Å²) in [6.45, 7) is 0. The van der Waals surface area contributed by atoms with E-state index in [9.17, 15) is 19.7 Å². The molecule has 5 N–H and O–H groups in total. The summed E-state index contributed by atoms with van der Waals surface area (Å²) in [5, 5.41) is 22.2. The molecule has 8 heteroatoms. The number of benzene rings is 1. The van der Waals surface area contributed by atoms with Crippen LogP contribution in [-0.4, -0.2) is 41.1 Å². The first kappa shape index (κ1) is 18.7. The van der Waals surface area contributed by atoms with Crippen LogP contribution in [0.3, 0.4) is 0 Å². The van der Waals surface area contributed by atoms with Crippen LogP contribution in [0, 0.1) is 5.92 Å². The normalized spacial score (nSPS) is 25.2. The Morgan fingerprint density at radius 1 is 1.27 bits per heavy atom. The third-order valence-electron chi connectivity index (χ3n) is 5.37. The molecular weight excluding hydrogens is 335 g/mol. The van der Waals surface area contributed by atoms with Crippen LogP contribution in [0.25, 0.3) is 0 Å². The molecule has 1 amide bonds. The van der Waals surface area contributed by atoms with Gasteiger partial charge in [-0.25, -0.2) is 4.79 Å². The van der Waals surface area contributed by atoms with E-state index in [0.29, 0.717) is 30.4 Å². The summed E-state index contributed by atoms with van der Waals surface area (Å²) in [4.78, 5) is 23.5. The minimum atomic E-state index is -1.26. The Hall–Kier alpha value is -2.06. The number of nitrogens with two attached hydrogens (primary N) is 1. The second-order valence-corrected chi connectivity index (χ2v) is 7.30. The molecule has 140 valence electrons. The maximum Gasteiger partial charge on any atom is 0.547 e. The lowest BCUT2D eigenvalue weighted by molar-refractivity contribution is -0.121. The first-order chi connectivity index (χ1) is 12.4. The zero-order valence-corrected chi connectivity index (χ0v) is 14.7. The number of hydrogen-bond donors (Lipinski definition) is 4. The van der Waals surface area contributed by atoms with Gasteiger partial charge < -0.3 is 25.8 Å². The molecule has 26 heavy (non-hydrogen) atoms. The fraction of sp³-hybridized carbons (Fsp3) is 0.556. The van der Waals surface area contributed by atoms with Crippen molar-refractivity contribution in [3.05, 3.63) is 29.3 Å². The van der Waals surface area contributed by atoms with Gasteiger partial charge in [-0.1, -0.05) is 12.1 Å². The number of fused-ring (bicyclic) bond motifs is 1. The fourth-order valence-electron chi connectivity index (χ4n) is 3.81. The molecule has 1 aliphatic carbocycles. The number of carboxylic acid groups (broad SMARTS) is 1. The zero-order chi connectivity index (χ0) is 18.7. The van der Waals surface area contributed by atoms with Gasteiger partial charge in [0, 0.05) is 12.5 Å². The molecule has 0 radical (unpaired) electrons. The van der Waals surface area contributed by atoms with Gasteiger partial charge in [-0.3, -0.25) is 4.79 Å². The maximum absolute atomic E-state index is 12.3. The smallest absolute Gasteiger partial charge is 0.534 e. The molecule has 1 fully saturated rings. The van der Waals surface area contributed by atoms with Gasteiger partial charge >= 0.3 is 13.1 Å². The number of carbonyl (C=O) groups excluding carboxylic acids is 1. The van der Waals surface area contributed by atoms with Crippen LogP contribution in [0.5, 0.6) is 5.75 Å². The summed E-state index contributed by atoms with van der Waals surface area (Å²) in [5.41, 5.74) is 6.59. The molecule has 1 heterocycles. The molecule has 2 aliphatic rings. The highest BCUT2D eigenvalue weighted by Gasteiger charge is 2.37. The Morgan fingerprint density at radius 3 is 2.69 bits per heavy atom. The lowest BCUT2D eigenvalue weighted by Gasteiger charge is -2.29. The van der Waals surface area contributed by atoms with Gasteiger partial charge in [-0.2, -0.15) is 0 Å². The van der Waals surface area contributed by atoms with E-state index in [1.807, 2.05) is 0 Å². The van der Waals surface area contributed by atoms with E-state index in [-0.39, 0.29) is 17.2 Å². The van der Waals surface area contributed by atoms with Crippen molar-refractivity contribution < 1.29 is 24.4 Å². The lowest BCUT2D eigenvalue weighted by atomic mass is 9.72. The molecule has 1 aromatic carbocycles. The van der Waals surface area contributed by atoms with E-state index in [1.54, 1.807) is 12.1 Å². The van der Waals surface area contributed by atoms with Crippen molar-refractivity contribution in [3.63, 3.8) is 0 Å². The van der Waals surface area contributed by atoms with Gasteiger partial charge in [0.05, 0.1) is 11.5 Å². The lowest BCUT2D eigenvalue weighted by Crippen LogP contribution is -2.53. The highest BCUT2D eigenvalue weighted by molar-refractivity contribution is 6.47. The summed E-state index contributed by atoms with van der Waals surface area (Å²) in [7, 11) is -1.26. The number of para-hydroxylation sites is 1. The van der Waals surface area contributed by atoms with Crippen molar-refractivity contribution in [1.29, 1.82) is 0 Å². The van der Waals surface area contributed by atoms with Crippen LogP contribution >= 0.6 is 0 Å². The fourth-order valence-corrected chi connectivity index (χ4v) is 3.81. The van der Waals surface area contributed by atoms with Crippen molar-refractivity contribution >= 4 is 19.0 Å². The van der Waals surface area contributed by atoms with E-state index >= 15 is 0 Å². The van der Waals surface area contributed by atoms with Crippen molar-refractivity contribution in [2.75, 3.05) is 0 Å². The van der Waals surface area contributed by atoms with Crippen molar-refractivity contribution in [2.24, 2.45) is 11.7 Å². The molecule has 0 spiro atoms. The summed E-state index contributed by atoms with van der Waals surface area (Å²) in [6.07, 6.45) is 5.73. The van der Waals surface area contributed by atoms with Crippen molar-refractivity contribution in [1.82, 2.24) is 5.32 Å². The second kappa shape index (κ2) is 8.10. The van der Waals surface area contributed by atoms with Crippen molar-refractivity contribution in [3.8, 4) is 5.75 Å². The molecule has 1 unspecified atom stereocenters. The molecule has 7 nitrogen and oxygen atoms in total. The number of nitrogens with one attached hydrogen (secondary N) is 1. The monoisotopic (exact) mass is 360 g/mol. The highest BCUT2D eigenvalue weighted by atomic mass is 16.5. The Labute approximate surface area is 153 Å². The summed E-state index contributed by atoms with van der Waals surface area (Å²) in [6, 6.07) is 5.11. The third-order valence-corrected chi connectivity index (χ3v) is 5.37. The number of aromatic carboxylic acids is 1. The summed E-state index contributed by atoms with van der Waals surface area (Å²) < 4.78 is 5.39. The number of carboxylic acids is 1. The van der Waals surface area contributed by atoms with Gasteiger partial charge in [-0.15, -0.1) is 0 Å². The number of amides is 1. The van der Waals surface area contributed by atoms with Gasteiger partial charge in [0.2, 0.25) is 5.91 Å². The average Bonchev–Trinajstić information content (AvgIpc) is 2.61. The Bertz CT molecular complexity index is 676. The minimum absolute atomic E-state index is 0.0156. The summed E-state index contributed by atoms with van der Waals surface area (Å²) in [5.74, 6) is -1.10. The van der Waals surface area contributed by atoms with Gasteiger partial charge in [0.25, 0.3) is 0 Å². The molecule has 1 aliphatic heterocycles. The Balaban J connectivity index is 1.54. The van der Waals surface area contributed by atoms with Gasteiger partial charge in [0.1, 0.15) is 5.75 Å². The number of hydrogen-bond acceptors (Lipinski definition) is 5. The first-order valence-corrected chi connectivity index (χ1v) is 9.19. The molecule has 0 bridgehead atoms. The number of carbonyl (C=O) groups is 2. The summed E-state index contributed by atoms with van der Waals surface area (Å²) >= 11 is 0. The Kier molecular flexibility index (Phi) is 5.83. The van der Waals surface area contributed by atoms with Gasteiger partial charge in [0.15, 0.2) is 0 Å². The van der Waals surface area contributed by atoms with E-state index < -0.39 is 19.0 Å². The largest absolute Gasteiger partial charge is 0.547 e. The maximum atomic E-state index is 12.3. The average molecular weight is 360 g/mol. The minimum Gasteiger partial charge on any atom is -0.534 e. The Morgan fingerprint density at radius 2 is 2.00 bits per heavy atom. The molecule has 1 atom stereocenters. The van der Waals surface area contributed by atoms with E-state index in [1.165, 1.54) is 6.07 Å². The van der Waals surface area contributed by atoms with Crippen LogP contribution in [0.15, 0.2) is 18.2 Å². The second-order valence-electron chi connectivity index (χ2n) is 7.30. The predicted molar refractivity (Wildman–Crippen MR) is 96.8 cm³/mol. The SMILES string of the molecule is NC1CCC(CCC(=O)NC2Cc3cccc(C(=O)O)c3OB2O)CC1. The van der Waals surface area contributed by atoms with Crippen LogP contribution in [-0.2, 0) is 11.2 Å². The third kappa shape index (κ3) is 4.37. The molecular formula is C18H25BN2O5. The van der Waals surface area contributed by atoms with Crippen molar-refractivity contribution in [2.45, 2.75) is 56.9 Å². The van der Waals surface area contributed by atoms with Gasteiger partial charge in [-0.05, 0) is 56.1 Å². The van der Waals surface area contributed by atoms with E-state index in [0.717, 1.165) is 32.1 Å². The highest BCUT2D eigenvalue weighted by Crippen LogP contribution is 2.30. The topological polar surface area (TPSA) is 122 Å². The van der Waals surface area contributed by atoms with Crippen LogP contribution in [0.1, 0.15) is 54.4 Å². The zero-order valence-electron chi connectivity index (χ0n) is 14.7. The predicted octanol–water partition coefficient (Wildman–Crippen LogP) is 1.12. The van der Waals surface area contributed by atoms with Crippen LogP contribution in [0.2, 0.25) is 0 Å². The molecule has 0 saturated heterocycles. The molecule has 1 aromatic rings. The molecule has 3 rings (SSSR count).